The minimum atomic E-state index is -2.80. The van der Waals surface area contributed by atoms with Crippen molar-refractivity contribution >= 4 is 21.2 Å². The van der Waals surface area contributed by atoms with Crippen LogP contribution in [0.2, 0.25) is 0 Å². The molecule has 0 spiro atoms. The van der Waals surface area contributed by atoms with E-state index in [2.05, 4.69) is 22.3 Å². The molecule has 2 rings (SSSR count). The number of hydrogen-bond acceptors (Lipinski definition) is 5. The molecule has 0 amide bonds. The lowest BCUT2D eigenvalue weighted by Crippen LogP contribution is -2.26. The molecule has 1 aliphatic heterocycles. The van der Waals surface area contributed by atoms with E-state index in [1.54, 1.807) is 11.3 Å². The van der Waals surface area contributed by atoms with Crippen LogP contribution in [0.15, 0.2) is 12.1 Å². The zero-order valence-electron chi connectivity index (χ0n) is 10.7. The fraction of sp³-hybridized carbons (Fsp3) is 0.667. The van der Waals surface area contributed by atoms with Crippen LogP contribution in [0.25, 0.3) is 0 Å². The highest BCUT2D eigenvalue weighted by Gasteiger charge is 2.19. The second-order valence-electron chi connectivity index (χ2n) is 4.68. The molecule has 1 aromatic rings. The first-order valence-electron chi connectivity index (χ1n) is 6.24. The molecule has 1 fully saturated rings. The van der Waals surface area contributed by atoms with E-state index in [1.165, 1.54) is 9.75 Å². The molecule has 1 aliphatic rings. The van der Waals surface area contributed by atoms with Gasteiger partial charge in [-0.1, -0.05) is 0 Å². The van der Waals surface area contributed by atoms with E-state index in [0.717, 1.165) is 26.1 Å². The van der Waals surface area contributed by atoms with Crippen LogP contribution in [-0.4, -0.2) is 45.0 Å². The van der Waals surface area contributed by atoms with Gasteiger partial charge in [-0.05, 0) is 32.1 Å². The Morgan fingerprint density at radius 1 is 1.28 bits per heavy atom. The molecule has 1 aromatic heterocycles. The third-order valence-electron chi connectivity index (χ3n) is 3.10. The Morgan fingerprint density at radius 3 is 2.83 bits per heavy atom. The van der Waals surface area contributed by atoms with E-state index in [4.69, 9.17) is 0 Å². The molecular weight excluding hydrogens is 268 g/mol. The van der Waals surface area contributed by atoms with E-state index >= 15 is 0 Å². The lowest BCUT2D eigenvalue weighted by molar-refractivity contribution is 0.290. The summed E-state index contributed by atoms with van der Waals surface area (Å²) in [6.45, 7) is 3.34. The van der Waals surface area contributed by atoms with Gasteiger partial charge in [0, 0.05) is 29.4 Å². The summed E-state index contributed by atoms with van der Waals surface area (Å²) in [4.78, 5) is 4.90. The Balaban J connectivity index is 1.92. The molecule has 0 saturated carbocycles. The number of nitrogens with zero attached hydrogens (tertiary/aromatic N) is 1. The van der Waals surface area contributed by atoms with Crippen molar-refractivity contribution in [2.45, 2.75) is 19.5 Å². The molecule has 0 bridgehead atoms. The van der Waals surface area contributed by atoms with E-state index < -0.39 is 9.84 Å². The summed E-state index contributed by atoms with van der Waals surface area (Å²) in [5.41, 5.74) is 0. The van der Waals surface area contributed by atoms with Crippen molar-refractivity contribution in [2.75, 3.05) is 31.6 Å². The molecule has 1 N–H and O–H groups in total. The molecule has 4 nitrogen and oxygen atoms in total. The van der Waals surface area contributed by atoms with Gasteiger partial charge in [0.15, 0.2) is 9.84 Å². The van der Waals surface area contributed by atoms with Crippen molar-refractivity contribution < 1.29 is 8.42 Å². The molecule has 0 atom stereocenters. The Kier molecular flexibility index (Phi) is 4.77. The second-order valence-corrected chi connectivity index (χ2v) is 8.24. The van der Waals surface area contributed by atoms with Crippen molar-refractivity contribution in [2.24, 2.45) is 0 Å². The molecule has 0 aromatic carbocycles. The van der Waals surface area contributed by atoms with Crippen LogP contribution in [0.4, 0.5) is 0 Å². The van der Waals surface area contributed by atoms with Gasteiger partial charge in [0.1, 0.15) is 0 Å². The van der Waals surface area contributed by atoms with Gasteiger partial charge < -0.3 is 5.32 Å². The van der Waals surface area contributed by atoms with Crippen molar-refractivity contribution in [1.29, 1.82) is 0 Å². The Morgan fingerprint density at radius 2 is 2.06 bits per heavy atom. The first-order valence-corrected chi connectivity index (χ1v) is 8.88. The maximum absolute atomic E-state index is 11.5. The summed E-state index contributed by atoms with van der Waals surface area (Å²) < 4.78 is 23.1. The smallest absolute Gasteiger partial charge is 0.151 e. The summed E-state index contributed by atoms with van der Waals surface area (Å²) in [6.07, 6.45) is 0.761. The predicted octanol–water partition coefficient (Wildman–Crippen LogP) is 1.09. The first-order chi connectivity index (χ1) is 8.59. The van der Waals surface area contributed by atoms with Crippen molar-refractivity contribution in [3.8, 4) is 0 Å². The van der Waals surface area contributed by atoms with Gasteiger partial charge in [-0.2, -0.15) is 0 Å². The number of hydrogen-bond donors (Lipinski definition) is 1. The number of sulfone groups is 1. The third-order valence-corrected chi connectivity index (χ3v) is 5.88. The van der Waals surface area contributed by atoms with Gasteiger partial charge in [-0.15, -0.1) is 11.3 Å². The van der Waals surface area contributed by atoms with Crippen LogP contribution >= 0.6 is 11.3 Å². The van der Waals surface area contributed by atoms with Gasteiger partial charge in [0.25, 0.3) is 0 Å². The fourth-order valence-corrected chi connectivity index (χ4v) is 4.53. The van der Waals surface area contributed by atoms with E-state index in [9.17, 15) is 8.42 Å². The zero-order chi connectivity index (χ0) is 13.0. The highest BCUT2D eigenvalue weighted by atomic mass is 32.2. The van der Waals surface area contributed by atoms with Gasteiger partial charge in [0.2, 0.25) is 0 Å². The highest BCUT2D eigenvalue weighted by Crippen LogP contribution is 2.19. The van der Waals surface area contributed by atoms with Crippen molar-refractivity contribution in [3.05, 3.63) is 21.9 Å². The molecule has 0 unspecified atom stereocenters. The molecule has 18 heavy (non-hydrogen) atoms. The monoisotopic (exact) mass is 288 g/mol. The minimum absolute atomic E-state index is 0.307. The fourth-order valence-electron chi connectivity index (χ4n) is 2.15. The predicted molar refractivity (Wildman–Crippen MR) is 75.6 cm³/mol. The van der Waals surface area contributed by atoms with Gasteiger partial charge in [-0.25, -0.2) is 8.42 Å². The molecule has 2 heterocycles. The Bertz CT molecular complexity index is 482. The SMILES string of the molecule is CNCc1ccc(CN2CCCS(=O)(=O)CC2)s1. The maximum Gasteiger partial charge on any atom is 0.151 e. The summed E-state index contributed by atoms with van der Waals surface area (Å²) in [7, 11) is -0.853. The van der Waals surface area contributed by atoms with Crippen LogP contribution in [0.5, 0.6) is 0 Å². The van der Waals surface area contributed by atoms with E-state index in [0.29, 0.717) is 18.1 Å². The van der Waals surface area contributed by atoms with Crippen LogP contribution < -0.4 is 5.32 Å². The third kappa shape index (κ3) is 4.05. The molecule has 0 radical (unpaired) electrons. The number of rotatable bonds is 4. The largest absolute Gasteiger partial charge is 0.315 e. The van der Waals surface area contributed by atoms with E-state index in [1.807, 2.05) is 7.05 Å². The van der Waals surface area contributed by atoms with Gasteiger partial charge >= 0.3 is 0 Å². The second kappa shape index (κ2) is 6.14. The highest BCUT2D eigenvalue weighted by molar-refractivity contribution is 7.91. The lowest BCUT2D eigenvalue weighted by atomic mass is 10.3. The standard InChI is InChI=1S/C12H20N2O2S2/c1-13-9-11-3-4-12(17-11)10-14-5-2-7-18(15,16)8-6-14/h3-4,13H,2,5-10H2,1H3. The number of nitrogens with one attached hydrogen (secondary N) is 1. The molecular formula is C12H20N2O2S2. The Labute approximate surface area is 113 Å². The average Bonchev–Trinajstić information content (AvgIpc) is 2.66. The topological polar surface area (TPSA) is 49.4 Å². The van der Waals surface area contributed by atoms with E-state index in [-0.39, 0.29) is 0 Å². The van der Waals surface area contributed by atoms with Crippen molar-refractivity contribution in [3.63, 3.8) is 0 Å². The zero-order valence-corrected chi connectivity index (χ0v) is 12.3. The summed E-state index contributed by atoms with van der Waals surface area (Å²) in [6, 6.07) is 4.29. The normalized spacial score (nSPS) is 20.7. The average molecular weight is 288 g/mol. The Hall–Kier alpha value is -0.430. The quantitative estimate of drug-likeness (QED) is 0.901. The summed E-state index contributed by atoms with van der Waals surface area (Å²) in [5, 5.41) is 3.14. The van der Waals surface area contributed by atoms with Crippen molar-refractivity contribution in [1.82, 2.24) is 10.2 Å². The summed E-state index contributed by atoms with van der Waals surface area (Å²) >= 11 is 1.80. The molecule has 1 saturated heterocycles. The maximum atomic E-state index is 11.5. The first kappa shape index (κ1) is 14.0. The van der Waals surface area contributed by atoms with Crippen LogP contribution in [0.3, 0.4) is 0 Å². The molecule has 102 valence electrons. The van der Waals surface area contributed by atoms with Crippen LogP contribution in [0.1, 0.15) is 16.2 Å². The lowest BCUT2D eigenvalue weighted by Gasteiger charge is -2.17. The molecule has 6 heteroatoms. The molecule has 0 aliphatic carbocycles. The van der Waals surface area contributed by atoms with Crippen LogP contribution in [0, 0.1) is 0 Å². The van der Waals surface area contributed by atoms with Gasteiger partial charge in [-0.3, -0.25) is 4.90 Å². The number of thiophene rings is 1. The summed E-state index contributed by atoms with van der Waals surface area (Å²) in [5.74, 6) is 0.653. The minimum Gasteiger partial charge on any atom is -0.315 e. The van der Waals surface area contributed by atoms with Crippen LogP contribution in [-0.2, 0) is 22.9 Å². The van der Waals surface area contributed by atoms with Gasteiger partial charge in [0.05, 0.1) is 11.5 Å².